The zero-order valence-corrected chi connectivity index (χ0v) is 10.8. The van der Waals surface area contributed by atoms with Crippen molar-refractivity contribution < 1.29 is 4.74 Å². The number of nitrogens with zero attached hydrogens (tertiary/aromatic N) is 1. The first-order chi connectivity index (χ1) is 8.28. The fourth-order valence-electron chi connectivity index (χ4n) is 2.94. The standard InChI is InChI=1S/C13H25N3O/c1-17-12-8-7-11(9-12)16-13(14)15-10-5-3-2-4-6-10/h10-12H,2-9H2,1H3,(H3,14,15,16). The predicted molar refractivity (Wildman–Crippen MR) is 70.1 cm³/mol. The topological polar surface area (TPSA) is 59.6 Å². The van der Waals surface area contributed by atoms with Crippen molar-refractivity contribution in [1.82, 2.24) is 5.32 Å². The highest BCUT2D eigenvalue weighted by Crippen LogP contribution is 2.22. The minimum atomic E-state index is 0.398. The molecule has 2 saturated carbocycles. The Morgan fingerprint density at radius 1 is 1.18 bits per heavy atom. The van der Waals surface area contributed by atoms with Crippen LogP contribution in [0.25, 0.3) is 0 Å². The third-order valence-electron chi connectivity index (χ3n) is 3.97. The van der Waals surface area contributed by atoms with E-state index in [0.717, 1.165) is 19.3 Å². The molecule has 0 spiro atoms. The average Bonchev–Trinajstić information content (AvgIpc) is 2.78. The summed E-state index contributed by atoms with van der Waals surface area (Å²) in [5.74, 6) is 0.638. The molecule has 2 unspecified atom stereocenters. The summed E-state index contributed by atoms with van der Waals surface area (Å²) < 4.78 is 5.35. The van der Waals surface area contributed by atoms with Crippen LogP contribution >= 0.6 is 0 Å². The minimum absolute atomic E-state index is 0.398. The number of guanidine groups is 1. The van der Waals surface area contributed by atoms with Gasteiger partial charge >= 0.3 is 0 Å². The van der Waals surface area contributed by atoms with Crippen molar-refractivity contribution in [1.29, 1.82) is 0 Å². The van der Waals surface area contributed by atoms with Crippen LogP contribution in [0.4, 0.5) is 0 Å². The van der Waals surface area contributed by atoms with Gasteiger partial charge in [0, 0.05) is 13.2 Å². The highest BCUT2D eigenvalue weighted by atomic mass is 16.5. The summed E-state index contributed by atoms with van der Waals surface area (Å²) >= 11 is 0. The fourth-order valence-corrected chi connectivity index (χ4v) is 2.94. The summed E-state index contributed by atoms with van der Waals surface area (Å²) in [5, 5.41) is 3.34. The Morgan fingerprint density at radius 3 is 2.59 bits per heavy atom. The number of hydrogen-bond donors (Lipinski definition) is 2. The number of hydrogen-bond acceptors (Lipinski definition) is 2. The molecule has 2 fully saturated rings. The van der Waals surface area contributed by atoms with E-state index >= 15 is 0 Å². The third-order valence-corrected chi connectivity index (χ3v) is 3.97. The molecule has 2 rings (SSSR count). The van der Waals surface area contributed by atoms with Crippen LogP contribution in [0.2, 0.25) is 0 Å². The Balaban J connectivity index is 1.76. The molecule has 17 heavy (non-hydrogen) atoms. The first-order valence-electron chi connectivity index (χ1n) is 6.90. The van der Waals surface area contributed by atoms with E-state index in [1.807, 2.05) is 0 Å². The molecule has 0 heterocycles. The van der Waals surface area contributed by atoms with Gasteiger partial charge in [0.2, 0.25) is 0 Å². The quantitative estimate of drug-likeness (QED) is 0.583. The molecule has 3 N–H and O–H groups in total. The summed E-state index contributed by atoms with van der Waals surface area (Å²) in [4.78, 5) is 4.59. The summed E-state index contributed by atoms with van der Waals surface area (Å²) in [6.07, 6.45) is 10.1. The van der Waals surface area contributed by atoms with E-state index in [2.05, 4.69) is 10.3 Å². The molecule has 0 amide bonds. The minimum Gasteiger partial charge on any atom is -0.381 e. The Labute approximate surface area is 104 Å². The molecule has 2 aliphatic rings. The molecule has 0 aromatic carbocycles. The molecule has 0 saturated heterocycles. The monoisotopic (exact) mass is 239 g/mol. The van der Waals surface area contributed by atoms with Crippen LogP contribution in [0.5, 0.6) is 0 Å². The molecule has 98 valence electrons. The van der Waals surface area contributed by atoms with Gasteiger partial charge in [0.05, 0.1) is 12.1 Å². The Bertz CT molecular complexity index is 261. The van der Waals surface area contributed by atoms with E-state index in [9.17, 15) is 0 Å². The number of nitrogens with one attached hydrogen (secondary N) is 1. The molecule has 0 aliphatic heterocycles. The molecule has 4 heteroatoms. The van der Waals surface area contributed by atoms with Gasteiger partial charge in [-0.2, -0.15) is 0 Å². The smallest absolute Gasteiger partial charge is 0.189 e. The van der Waals surface area contributed by atoms with Crippen molar-refractivity contribution in [3.05, 3.63) is 0 Å². The maximum atomic E-state index is 5.97. The van der Waals surface area contributed by atoms with Crippen molar-refractivity contribution in [3.8, 4) is 0 Å². The number of nitrogens with two attached hydrogens (primary N) is 1. The lowest BCUT2D eigenvalue weighted by Crippen LogP contribution is -2.40. The third kappa shape index (κ3) is 3.87. The van der Waals surface area contributed by atoms with Crippen LogP contribution in [-0.4, -0.2) is 31.3 Å². The van der Waals surface area contributed by atoms with E-state index in [1.54, 1.807) is 7.11 Å². The van der Waals surface area contributed by atoms with Crippen molar-refractivity contribution in [3.63, 3.8) is 0 Å². The van der Waals surface area contributed by atoms with Gasteiger partial charge in [-0.05, 0) is 32.1 Å². The molecule has 0 bridgehead atoms. The molecule has 0 radical (unpaired) electrons. The van der Waals surface area contributed by atoms with Gasteiger partial charge in [-0.15, -0.1) is 0 Å². The molecule has 0 aromatic rings. The van der Waals surface area contributed by atoms with E-state index < -0.39 is 0 Å². The summed E-state index contributed by atoms with van der Waals surface area (Å²) in [7, 11) is 1.78. The van der Waals surface area contributed by atoms with Crippen molar-refractivity contribution >= 4 is 5.96 Å². The summed E-state index contributed by atoms with van der Waals surface area (Å²) in [5.41, 5.74) is 5.97. The lowest BCUT2D eigenvalue weighted by atomic mass is 9.96. The second kappa shape index (κ2) is 6.24. The maximum absolute atomic E-state index is 5.97. The largest absolute Gasteiger partial charge is 0.381 e. The van der Waals surface area contributed by atoms with E-state index in [-0.39, 0.29) is 0 Å². The molecular formula is C13H25N3O. The second-order valence-electron chi connectivity index (χ2n) is 5.32. The van der Waals surface area contributed by atoms with Gasteiger partial charge in [0.1, 0.15) is 0 Å². The van der Waals surface area contributed by atoms with E-state index in [4.69, 9.17) is 10.5 Å². The molecule has 2 atom stereocenters. The zero-order chi connectivity index (χ0) is 12.1. The average molecular weight is 239 g/mol. The molecule has 4 nitrogen and oxygen atoms in total. The molecule has 2 aliphatic carbocycles. The van der Waals surface area contributed by atoms with Crippen LogP contribution in [0.15, 0.2) is 4.99 Å². The SMILES string of the molecule is COC1CCC(NC(N)=NC2CCCCC2)C1. The summed E-state index contributed by atoms with van der Waals surface area (Å²) in [6, 6.07) is 0.906. The number of methoxy groups -OCH3 is 1. The Hall–Kier alpha value is -0.770. The fraction of sp³-hybridized carbons (Fsp3) is 0.923. The van der Waals surface area contributed by atoms with Gasteiger partial charge in [0.15, 0.2) is 5.96 Å². The van der Waals surface area contributed by atoms with Crippen molar-refractivity contribution in [2.45, 2.75) is 69.6 Å². The van der Waals surface area contributed by atoms with E-state index in [0.29, 0.717) is 24.1 Å². The number of rotatable bonds is 3. The Morgan fingerprint density at radius 2 is 1.94 bits per heavy atom. The van der Waals surface area contributed by atoms with Crippen molar-refractivity contribution in [2.75, 3.05) is 7.11 Å². The van der Waals surface area contributed by atoms with Crippen LogP contribution < -0.4 is 11.1 Å². The first-order valence-corrected chi connectivity index (χ1v) is 6.90. The van der Waals surface area contributed by atoms with Gasteiger partial charge in [-0.3, -0.25) is 4.99 Å². The predicted octanol–water partition coefficient (Wildman–Crippen LogP) is 1.79. The number of aliphatic imine (C=N–C) groups is 1. The lowest BCUT2D eigenvalue weighted by molar-refractivity contribution is 0.107. The Kier molecular flexibility index (Phi) is 4.66. The van der Waals surface area contributed by atoms with Gasteiger partial charge in [0.25, 0.3) is 0 Å². The van der Waals surface area contributed by atoms with Gasteiger partial charge < -0.3 is 15.8 Å². The summed E-state index contributed by atoms with van der Waals surface area (Å²) in [6.45, 7) is 0. The number of ether oxygens (including phenoxy) is 1. The highest BCUT2D eigenvalue weighted by Gasteiger charge is 2.24. The van der Waals surface area contributed by atoms with E-state index in [1.165, 1.54) is 32.1 Å². The highest BCUT2D eigenvalue weighted by molar-refractivity contribution is 5.78. The zero-order valence-electron chi connectivity index (χ0n) is 10.8. The molecular weight excluding hydrogens is 214 g/mol. The lowest BCUT2D eigenvalue weighted by Gasteiger charge is -2.20. The normalized spacial score (nSPS) is 31.7. The molecule has 0 aromatic heterocycles. The van der Waals surface area contributed by atoms with Crippen LogP contribution in [-0.2, 0) is 4.74 Å². The van der Waals surface area contributed by atoms with Crippen molar-refractivity contribution in [2.24, 2.45) is 10.7 Å². The van der Waals surface area contributed by atoms with Crippen LogP contribution in [0, 0.1) is 0 Å². The van der Waals surface area contributed by atoms with Gasteiger partial charge in [-0.25, -0.2) is 0 Å². The van der Waals surface area contributed by atoms with Crippen LogP contribution in [0.3, 0.4) is 0 Å². The first kappa shape index (κ1) is 12.7. The maximum Gasteiger partial charge on any atom is 0.189 e. The van der Waals surface area contributed by atoms with Gasteiger partial charge in [-0.1, -0.05) is 19.3 Å². The van der Waals surface area contributed by atoms with Crippen LogP contribution in [0.1, 0.15) is 51.4 Å². The second-order valence-corrected chi connectivity index (χ2v) is 5.32.